The first kappa shape index (κ1) is 14.0. The Morgan fingerprint density at radius 1 is 1.53 bits per heavy atom. The van der Waals surface area contributed by atoms with Crippen molar-refractivity contribution in [2.75, 3.05) is 13.1 Å². The number of likely N-dealkylation sites (tertiary alicyclic amines) is 1. The van der Waals surface area contributed by atoms with Crippen LogP contribution in [0.1, 0.15) is 37.8 Å². The fraction of sp³-hybridized carbons (Fsp3) is 0.533. The highest BCUT2D eigenvalue weighted by Crippen LogP contribution is 2.37. The summed E-state index contributed by atoms with van der Waals surface area (Å²) in [5.41, 5.74) is 1.00. The van der Waals surface area contributed by atoms with E-state index < -0.39 is 5.97 Å². The second kappa shape index (κ2) is 6.15. The Morgan fingerprint density at radius 3 is 3.00 bits per heavy atom. The van der Waals surface area contributed by atoms with E-state index in [9.17, 15) is 9.18 Å². The van der Waals surface area contributed by atoms with Gasteiger partial charge < -0.3 is 5.11 Å². The number of aliphatic carboxylic acids is 1. The van der Waals surface area contributed by atoms with Crippen molar-refractivity contribution in [3.63, 3.8) is 0 Å². The van der Waals surface area contributed by atoms with E-state index in [1.807, 2.05) is 6.07 Å². The van der Waals surface area contributed by atoms with Gasteiger partial charge in [-0.3, -0.25) is 9.69 Å². The first-order valence-electron chi connectivity index (χ1n) is 6.79. The van der Waals surface area contributed by atoms with Gasteiger partial charge in [0.1, 0.15) is 5.82 Å². The van der Waals surface area contributed by atoms with Crippen LogP contribution in [0.15, 0.2) is 24.3 Å². The summed E-state index contributed by atoms with van der Waals surface area (Å²) in [6.45, 7) is 3.90. The highest BCUT2D eigenvalue weighted by Gasteiger charge is 2.32. The summed E-state index contributed by atoms with van der Waals surface area (Å²) in [6.07, 6.45) is 1.92. The average Bonchev–Trinajstić information content (AvgIpc) is 2.70. The summed E-state index contributed by atoms with van der Waals surface area (Å²) in [5.74, 6) is -0.483. The molecule has 3 nitrogen and oxygen atoms in total. The van der Waals surface area contributed by atoms with Crippen LogP contribution in [0.3, 0.4) is 0 Å². The van der Waals surface area contributed by atoms with Crippen molar-refractivity contribution < 1.29 is 14.3 Å². The smallest absolute Gasteiger partial charge is 0.303 e. The molecule has 2 rings (SSSR count). The molecule has 0 aliphatic carbocycles. The van der Waals surface area contributed by atoms with Gasteiger partial charge in [0.05, 0.1) is 0 Å². The Hall–Kier alpha value is -1.42. The summed E-state index contributed by atoms with van der Waals surface area (Å²) in [6, 6.07) is 6.96. The van der Waals surface area contributed by atoms with E-state index in [4.69, 9.17) is 5.11 Å². The quantitative estimate of drug-likeness (QED) is 0.889. The molecule has 0 radical (unpaired) electrons. The van der Waals surface area contributed by atoms with E-state index in [1.165, 1.54) is 6.07 Å². The van der Waals surface area contributed by atoms with Gasteiger partial charge in [-0.15, -0.1) is 0 Å². The van der Waals surface area contributed by atoms with Gasteiger partial charge in [-0.25, -0.2) is 4.39 Å². The number of benzene rings is 1. The van der Waals surface area contributed by atoms with Crippen molar-refractivity contribution in [1.82, 2.24) is 4.90 Å². The molecule has 2 atom stereocenters. The minimum Gasteiger partial charge on any atom is -0.481 e. The Bertz CT molecular complexity index is 450. The Labute approximate surface area is 113 Å². The van der Waals surface area contributed by atoms with Crippen molar-refractivity contribution in [2.45, 2.75) is 32.2 Å². The van der Waals surface area contributed by atoms with Crippen LogP contribution in [0.25, 0.3) is 0 Å². The minimum atomic E-state index is -0.755. The third-order valence-corrected chi connectivity index (χ3v) is 3.83. The third-order valence-electron chi connectivity index (χ3n) is 3.83. The normalized spacial score (nSPS) is 23.7. The predicted molar refractivity (Wildman–Crippen MR) is 71.4 cm³/mol. The Balaban J connectivity index is 2.05. The van der Waals surface area contributed by atoms with Gasteiger partial charge in [0.15, 0.2) is 0 Å². The lowest BCUT2D eigenvalue weighted by atomic mass is 9.95. The van der Waals surface area contributed by atoms with E-state index in [1.54, 1.807) is 12.1 Å². The van der Waals surface area contributed by atoms with Gasteiger partial charge in [-0.2, -0.15) is 0 Å². The maximum atomic E-state index is 13.3. The van der Waals surface area contributed by atoms with Gasteiger partial charge in [0.25, 0.3) is 0 Å². The largest absolute Gasteiger partial charge is 0.481 e. The van der Waals surface area contributed by atoms with Gasteiger partial charge in [0, 0.05) is 12.5 Å². The molecule has 0 aromatic heterocycles. The molecular formula is C15H20FNO2. The maximum absolute atomic E-state index is 13.3. The molecule has 19 heavy (non-hydrogen) atoms. The Kier molecular flexibility index (Phi) is 4.53. The third kappa shape index (κ3) is 3.53. The second-order valence-corrected chi connectivity index (χ2v) is 5.30. The van der Waals surface area contributed by atoms with Gasteiger partial charge >= 0.3 is 5.97 Å². The monoisotopic (exact) mass is 265 g/mol. The standard InChI is InChI=1S/C15H20FNO2/c1-11-7-9-17(8-3-6-14(18)19)15(11)12-4-2-5-13(16)10-12/h2,4-5,10-11,15H,3,6-9H2,1H3,(H,18,19). The van der Waals surface area contributed by atoms with Crippen molar-refractivity contribution in [1.29, 1.82) is 0 Å². The topological polar surface area (TPSA) is 40.5 Å². The number of nitrogens with zero attached hydrogens (tertiary/aromatic N) is 1. The first-order chi connectivity index (χ1) is 9.08. The van der Waals surface area contributed by atoms with Crippen molar-refractivity contribution in [3.8, 4) is 0 Å². The molecule has 1 aliphatic rings. The van der Waals surface area contributed by atoms with Gasteiger partial charge in [-0.1, -0.05) is 19.1 Å². The van der Waals surface area contributed by atoms with Crippen LogP contribution in [-0.2, 0) is 4.79 Å². The van der Waals surface area contributed by atoms with E-state index in [-0.39, 0.29) is 18.3 Å². The van der Waals surface area contributed by atoms with E-state index in [0.717, 1.165) is 25.1 Å². The molecule has 1 aliphatic heterocycles. The highest BCUT2D eigenvalue weighted by atomic mass is 19.1. The highest BCUT2D eigenvalue weighted by molar-refractivity contribution is 5.66. The van der Waals surface area contributed by atoms with Crippen LogP contribution in [0.2, 0.25) is 0 Å². The summed E-state index contributed by atoms with van der Waals surface area (Å²) < 4.78 is 13.3. The molecule has 0 spiro atoms. The number of carboxylic acids is 1. The number of hydrogen-bond donors (Lipinski definition) is 1. The SMILES string of the molecule is CC1CCN(CCCC(=O)O)C1c1cccc(F)c1. The summed E-state index contributed by atoms with van der Waals surface area (Å²) in [5, 5.41) is 8.69. The zero-order valence-corrected chi connectivity index (χ0v) is 11.2. The molecule has 4 heteroatoms. The van der Waals surface area contributed by atoms with E-state index in [2.05, 4.69) is 11.8 Å². The molecule has 1 aromatic rings. The number of hydrogen-bond acceptors (Lipinski definition) is 2. The van der Waals surface area contributed by atoms with Crippen LogP contribution in [0.5, 0.6) is 0 Å². The maximum Gasteiger partial charge on any atom is 0.303 e. The lowest BCUT2D eigenvalue weighted by Gasteiger charge is -2.27. The van der Waals surface area contributed by atoms with E-state index in [0.29, 0.717) is 12.3 Å². The molecule has 0 bridgehead atoms. The predicted octanol–water partition coefficient (Wildman–Crippen LogP) is 3.07. The molecule has 1 heterocycles. The van der Waals surface area contributed by atoms with Crippen molar-refractivity contribution in [2.24, 2.45) is 5.92 Å². The number of carboxylic acid groups (broad SMARTS) is 1. The zero-order chi connectivity index (χ0) is 13.8. The number of carbonyl (C=O) groups is 1. The molecule has 0 amide bonds. The molecule has 0 saturated carbocycles. The summed E-state index contributed by atoms with van der Waals surface area (Å²) >= 11 is 0. The fourth-order valence-corrected chi connectivity index (χ4v) is 2.94. The number of halogens is 1. The second-order valence-electron chi connectivity index (χ2n) is 5.30. The lowest BCUT2D eigenvalue weighted by Crippen LogP contribution is -2.26. The van der Waals surface area contributed by atoms with Crippen molar-refractivity contribution in [3.05, 3.63) is 35.6 Å². The van der Waals surface area contributed by atoms with Crippen LogP contribution < -0.4 is 0 Å². The van der Waals surface area contributed by atoms with Gasteiger partial charge in [-0.05, 0) is 49.5 Å². The van der Waals surface area contributed by atoms with Gasteiger partial charge in [0.2, 0.25) is 0 Å². The molecule has 1 aromatic carbocycles. The fourth-order valence-electron chi connectivity index (χ4n) is 2.94. The molecule has 1 fully saturated rings. The molecular weight excluding hydrogens is 245 g/mol. The molecule has 104 valence electrons. The summed E-state index contributed by atoms with van der Waals surface area (Å²) in [7, 11) is 0. The Morgan fingerprint density at radius 2 is 2.32 bits per heavy atom. The number of rotatable bonds is 5. The first-order valence-corrected chi connectivity index (χ1v) is 6.79. The minimum absolute atomic E-state index is 0.195. The van der Waals surface area contributed by atoms with Crippen LogP contribution in [0, 0.1) is 11.7 Å². The summed E-state index contributed by atoms with van der Waals surface area (Å²) in [4.78, 5) is 12.8. The van der Waals surface area contributed by atoms with E-state index >= 15 is 0 Å². The zero-order valence-electron chi connectivity index (χ0n) is 11.2. The molecule has 1 saturated heterocycles. The lowest BCUT2D eigenvalue weighted by molar-refractivity contribution is -0.137. The van der Waals surface area contributed by atoms with Crippen LogP contribution in [-0.4, -0.2) is 29.1 Å². The average molecular weight is 265 g/mol. The van der Waals surface area contributed by atoms with Crippen molar-refractivity contribution >= 4 is 5.97 Å². The van der Waals surface area contributed by atoms with Crippen LogP contribution >= 0.6 is 0 Å². The molecule has 2 unspecified atom stereocenters. The van der Waals surface area contributed by atoms with Crippen LogP contribution in [0.4, 0.5) is 4.39 Å². The molecule has 1 N–H and O–H groups in total.